The summed E-state index contributed by atoms with van der Waals surface area (Å²) in [6, 6.07) is 0. The lowest BCUT2D eigenvalue weighted by molar-refractivity contribution is -0.146. The number of ether oxygens (including phenoxy) is 4. The largest absolute Gasteiger partial charge is 0.466 e. The Hall–Kier alpha value is -3.16. The van der Waals surface area contributed by atoms with Crippen LogP contribution in [0.3, 0.4) is 0 Å². The number of carbonyl (C=O) groups excluding carboxylic acids is 4. The van der Waals surface area contributed by atoms with Crippen LogP contribution in [0.4, 0.5) is 0 Å². The van der Waals surface area contributed by atoms with Crippen molar-refractivity contribution in [2.45, 2.75) is 6.42 Å². The molecule has 0 amide bonds. The van der Waals surface area contributed by atoms with E-state index in [1.807, 2.05) is 6.08 Å². The summed E-state index contributed by atoms with van der Waals surface area (Å²) >= 11 is 0. The van der Waals surface area contributed by atoms with Crippen molar-refractivity contribution >= 4 is 23.9 Å². The molecular weight excluding hydrogens is 380 g/mol. The van der Waals surface area contributed by atoms with Gasteiger partial charge in [0.2, 0.25) is 0 Å². The van der Waals surface area contributed by atoms with Crippen molar-refractivity contribution < 1.29 is 38.1 Å². The molecule has 4 aliphatic carbocycles. The zero-order valence-electron chi connectivity index (χ0n) is 16.4. The van der Waals surface area contributed by atoms with Gasteiger partial charge >= 0.3 is 23.9 Å². The highest BCUT2D eigenvalue weighted by Crippen LogP contribution is 2.80. The van der Waals surface area contributed by atoms with Crippen LogP contribution in [0.2, 0.25) is 0 Å². The molecular formula is C21H20O8. The summed E-state index contributed by atoms with van der Waals surface area (Å²) in [5, 5.41) is 0. The quantitative estimate of drug-likeness (QED) is 0.509. The molecule has 1 fully saturated rings. The molecule has 0 N–H and O–H groups in total. The smallest absolute Gasteiger partial charge is 0.335 e. The highest BCUT2D eigenvalue weighted by atomic mass is 16.5. The summed E-state index contributed by atoms with van der Waals surface area (Å²) in [5.74, 6) is -3.67. The SMILES string of the molecule is COC(=O)C1=C(C(=O)OC)[C@@]23C=CC=C[C@]24C(C(=O)OC)=C(C(=O)OC)[C@@H]4[C@@H]1C3. The normalized spacial score (nSPS) is 33.0. The van der Waals surface area contributed by atoms with Crippen molar-refractivity contribution in [1.29, 1.82) is 0 Å². The van der Waals surface area contributed by atoms with Crippen LogP contribution in [-0.4, -0.2) is 52.3 Å². The Kier molecular flexibility index (Phi) is 4.08. The van der Waals surface area contributed by atoms with Gasteiger partial charge in [-0.1, -0.05) is 24.3 Å². The van der Waals surface area contributed by atoms with E-state index in [1.165, 1.54) is 28.4 Å². The highest BCUT2D eigenvalue weighted by molar-refractivity contribution is 6.11. The third-order valence-electron chi connectivity index (χ3n) is 6.69. The second-order valence-electron chi connectivity index (χ2n) is 7.39. The van der Waals surface area contributed by atoms with Gasteiger partial charge in [0.05, 0.1) is 50.7 Å². The molecule has 8 heteroatoms. The number of hydrogen-bond acceptors (Lipinski definition) is 8. The Morgan fingerprint density at radius 3 is 1.86 bits per heavy atom. The van der Waals surface area contributed by atoms with Crippen molar-refractivity contribution in [3.63, 3.8) is 0 Å². The van der Waals surface area contributed by atoms with Crippen molar-refractivity contribution in [3.05, 3.63) is 46.6 Å². The molecule has 152 valence electrons. The maximum atomic E-state index is 12.8. The minimum Gasteiger partial charge on any atom is -0.466 e. The Bertz CT molecular complexity index is 969. The molecule has 0 unspecified atom stereocenters. The van der Waals surface area contributed by atoms with Gasteiger partial charge in [-0.15, -0.1) is 0 Å². The van der Waals surface area contributed by atoms with Crippen LogP contribution in [0.1, 0.15) is 6.42 Å². The summed E-state index contributed by atoms with van der Waals surface area (Å²) in [5.41, 5.74) is -1.33. The van der Waals surface area contributed by atoms with E-state index in [4.69, 9.17) is 18.9 Å². The van der Waals surface area contributed by atoms with Crippen molar-refractivity contribution in [2.75, 3.05) is 28.4 Å². The van der Waals surface area contributed by atoms with E-state index in [0.29, 0.717) is 6.42 Å². The van der Waals surface area contributed by atoms with Crippen LogP contribution >= 0.6 is 0 Å². The van der Waals surface area contributed by atoms with Crippen LogP contribution in [0.5, 0.6) is 0 Å². The Morgan fingerprint density at radius 1 is 0.759 bits per heavy atom. The maximum absolute atomic E-state index is 12.8. The summed E-state index contributed by atoms with van der Waals surface area (Å²) in [7, 11) is 4.92. The lowest BCUT2D eigenvalue weighted by Gasteiger charge is -2.56. The number of hydrogen-bond donors (Lipinski definition) is 0. The van der Waals surface area contributed by atoms with Crippen LogP contribution < -0.4 is 0 Å². The van der Waals surface area contributed by atoms with Gasteiger partial charge in [0.15, 0.2) is 0 Å². The average molecular weight is 400 g/mol. The molecule has 4 rings (SSSR count). The first-order valence-electron chi connectivity index (χ1n) is 9.05. The van der Waals surface area contributed by atoms with Crippen LogP contribution in [0, 0.1) is 22.7 Å². The first-order valence-corrected chi connectivity index (χ1v) is 9.05. The minimum absolute atomic E-state index is 0.158. The fraction of sp³-hybridized carbons (Fsp3) is 0.429. The monoisotopic (exact) mass is 400 g/mol. The van der Waals surface area contributed by atoms with Crippen molar-refractivity contribution in [2.24, 2.45) is 22.7 Å². The predicted molar refractivity (Wildman–Crippen MR) is 96.9 cm³/mol. The molecule has 8 nitrogen and oxygen atoms in total. The number of fused-ring (bicyclic) bond motifs is 2. The lowest BCUT2D eigenvalue weighted by Crippen LogP contribution is -2.57. The minimum atomic E-state index is -1.02. The van der Waals surface area contributed by atoms with Crippen LogP contribution in [0.15, 0.2) is 46.6 Å². The Balaban J connectivity index is 2.04. The van der Waals surface area contributed by atoms with E-state index in [9.17, 15) is 19.2 Å². The summed E-state index contributed by atoms with van der Waals surface area (Å²) in [6.45, 7) is 0. The average Bonchev–Trinajstić information content (AvgIpc) is 3.17. The second-order valence-corrected chi connectivity index (χ2v) is 7.39. The molecule has 0 aliphatic heterocycles. The fourth-order valence-corrected chi connectivity index (χ4v) is 5.87. The van der Waals surface area contributed by atoms with Gasteiger partial charge in [0, 0.05) is 22.7 Å². The molecule has 0 aromatic carbocycles. The zero-order chi connectivity index (χ0) is 21.1. The molecule has 0 heterocycles. The van der Waals surface area contributed by atoms with E-state index in [-0.39, 0.29) is 22.3 Å². The molecule has 4 atom stereocenters. The van der Waals surface area contributed by atoms with Gasteiger partial charge in [-0.2, -0.15) is 0 Å². The molecule has 2 bridgehead atoms. The van der Waals surface area contributed by atoms with Gasteiger partial charge in [-0.3, -0.25) is 0 Å². The molecule has 2 spiro atoms. The summed E-state index contributed by atoms with van der Waals surface area (Å²) < 4.78 is 19.8. The van der Waals surface area contributed by atoms with Crippen LogP contribution in [-0.2, 0) is 38.1 Å². The third kappa shape index (κ3) is 1.93. The molecule has 0 aromatic rings. The third-order valence-corrected chi connectivity index (χ3v) is 6.69. The van der Waals surface area contributed by atoms with Gasteiger partial charge in [-0.05, 0) is 6.42 Å². The molecule has 1 saturated carbocycles. The number of methoxy groups -OCH3 is 4. The molecule has 0 radical (unpaired) electrons. The predicted octanol–water partition coefficient (Wildman–Crippen LogP) is 1.03. The van der Waals surface area contributed by atoms with Gasteiger partial charge in [-0.25, -0.2) is 19.2 Å². The summed E-state index contributed by atoms with van der Waals surface area (Å²) in [6.07, 6.45) is 7.50. The Morgan fingerprint density at radius 2 is 1.28 bits per heavy atom. The van der Waals surface area contributed by atoms with E-state index in [0.717, 1.165) is 0 Å². The first kappa shape index (κ1) is 19.2. The van der Waals surface area contributed by atoms with Crippen LogP contribution in [0.25, 0.3) is 0 Å². The molecule has 29 heavy (non-hydrogen) atoms. The van der Waals surface area contributed by atoms with Gasteiger partial charge < -0.3 is 18.9 Å². The van der Waals surface area contributed by atoms with Crippen molar-refractivity contribution in [3.8, 4) is 0 Å². The van der Waals surface area contributed by atoms with Gasteiger partial charge in [0.1, 0.15) is 0 Å². The number of esters is 4. The van der Waals surface area contributed by atoms with E-state index >= 15 is 0 Å². The Labute approximate surface area is 166 Å². The standard InChI is InChI=1S/C21H20O8/c1-26-16(22)11-10-9-20(14(11)18(24)28-3)7-5-6-8-21(20)13(10)12(17(23)27-2)15(21)19(25)29-4/h5-8,10,13H,9H2,1-4H3/t10-,13+,20+,21+/m1/s1. The zero-order valence-corrected chi connectivity index (χ0v) is 16.4. The van der Waals surface area contributed by atoms with Gasteiger partial charge in [0.25, 0.3) is 0 Å². The first-order chi connectivity index (χ1) is 13.9. The summed E-state index contributed by atoms with van der Waals surface area (Å²) in [4.78, 5) is 50.8. The second kappa shape index (κ2) is 6.17. The topological polar surface area (TPSA) is 105 Å². The molecule has 0 saturated heterocycles. The number of carbonyl (C=O) groups is 4. The van der Waals surface area contributed by atoms with Crippen molar-refractivity contribution in [1.82, 2.24) is 0 Å². The highest BCUT2D eigenvalue weighted by Gasteiger charge is 2.79. The fourth-order valence-electron chi connectivity index (χ4n) is 5.87. The molecule has 0 aromatic heterocycles. The molecule has 4 aliphatic rings. The van der Waals surface area contributed by atoms with E-state index in [2.05, 4.69) is 0 Å². The van der Waals surface area contributed by atoms with E-state index < -0.39 is 46.5 Å². The number of rotatable bonds is 4. The van der Waals surface area contributed by atoms with E-state index in [1.54, 1.807) is 18.2 Å². The lowest BCUT2D eigenvalue weighted by atomic mass is 9.43. The maximum Gasteiger partial charge on any atom is 0.335 e. The number of allylic oxidation sites excluding steroid dienone is 4.